The highest BCUT2D eigenvalue weighted by atomic mass is 32.2. The molecule has 0 spiro atoms. The van der Waals surface area contributed by atoms with Crippen molar-refractivity contribution in [2.24, 2.45) is 0 Å². The number of rotatable bonds is 9. The van der Waals surface area contributed by atoms with Crippen molar-refractivity contribution in [2.45, 2.75) is 33.2 Å². The minimum Gasteiger partial charge on any atom is -0.357 e. The van der Waals surface area contributed by atoms with Crippen LogP contribution in [0.3, 0.4) is 0 Å². The van der Waals surface area contributed by atoms with Crippen LogP contribution in [0.4, 0.5) is 17.8 Å². The Morgan fingerprint density at radius 2 is 1.76 bits per heavy atom. The van der Waals surface area contributed by atoms with Gasteiger partial charge in [0.15, 0.2) is 0 Å². The molecular weight excluding hydrogens is 284 g/mol. The third-order valence-electron chi connectivity index (χ3n) is 3.60. The van der Waals surface area contributed by atoms with E-state index in [2.05, 4.69) is 57.1 Å². The summed E-state index contributed by atoms with van der Waals surface area (Å²) in [5, 5.41) is 3.03. The summed E-state index contributed by atoms with van der Waals surface area (Å²) >= 11 is 1.87. The van der Waals surface area contributed by atoms with Crippen LogP contribution in [-0.4, -0.2) is 60.2 Å². The Morgan fingerprint density at radius 1 is 1.14 bits per heavy atom. The zero-order valence-corrected chi connectivity index (χ0v) is 14.9. The molecule has 0 aliphatic heterocycles. The number of thioether (sulfide) groups is 1. The summed E-state index contributed by atoms with van der Waals surface area (Å²) in [5.41, 5.74) is 0. The highest BCUT2D eigenvalue weighted by Gasteiger charge is 2.16. The van der Waals surface area contributed by atoms with Gasteiger partial charge in [-0.3, -0.25) is 0 Å². The number of aromatic nitrogens is 3. The quantitative estimate of drug-likeness (QED) is 0.751. The predicted octanol–water partition coefficient (Wildman–Crippen LogP) is 2.34. The standard InChI is InChI=1S/C14H28N6S/c1-7-20(8-2)14-17-12(15-4)16-13(18-14)19(5)11(3)9-10-21-6/h11H,7-10H2,1-6H3,(H,15,16,17,18). The first kappa shape index (κ1) is 17.8. The van der Waals surface area contributed by atoms with E-state index in [1.54, 1.807) is 0 Å². The van der Waals surface area contributed by atoms with Crippen LogP contribution < -0.4 is 15.1 Å². The van der Waals surface area contributed by atoms with Crippen LogP contribution in [0.15, 0.2) is 0 Å². The number of hydrogen-bond acceptors (Lipinski definition) is 7. The molecule has 0 aliphatic rings. The molecule has 1 aromatic heterocycles. The second-order valence-electron chi connectivity index (χ2n) is 4.92. The van der Waals surface area contributed by atoms with E-state index in [1.807, 2.05) is 25.9 Å². The van der Waals surface area contributed by atoms with E-state index in [0.717, 1.165) is 37.2 Å². The fourth-order valence-corrected chi connectivity index (χ4v) is 2.53. The molecule has 0 radical (unpaired) electrons. The Bertz CT molecular complexity index is 424. The lowest BCUT2D eigenvalue weighted by molar-refractivity contribution is 0.650. The molecule has 1 heterocycles. The van der Waals surface area contributed by atoms with Crippen LogP contribution in [0.25, 0.3) is 0 Å². The fourth-order valence-electron chi connectivity index (χ4n) is 1.95. The summed E-state index contributed by atoms with van der Waals surface area (Å²) in [7, 11) is 3.88. The average molecular weight is 312 g/mol. The number of nitrogens with one attached hydrogen (secondary N) is 1. The Balaban J connectivity index is 3.02. The van der Waals surface area contributed by atoms with Gasteiger partial charge in [-0.15, -0.1) is 0 Å². The first-order chi connectivity index (χ1) is 10.1. The second kappa shape index (κ2) is 8.92. The Morgan fingerprint density at radius 3 is 2.29 bits per heavy atom. The highest BCUT2D eigenvalue weighted by Crippen LogP contribution is 2.18. The van der Waals surface area contributed by atoms with Gasteiger partial charge in [-0.25, -0.2) is 0 Å². The van der Waals surface area contributed by atoms with Crippen LogP contribution >= 0.6 is 11.8 Å². The predicted molar refractivity (Wildman–Crippen MR) is 93.8 cm³/mol. The normalized spacial score (nSPS) is 12.1. The molecule has 6 nitrogen and oxygen atoms in total. The highest BCUT2D eigenvalue weighted by molar-refractivity contribution is 7.98. The average Bonchev–Trinajstić information content (AvgIpc) is 2.52. The van der Waals surface area contributed by atoms with Crippen molar-refractivity contribution in [2.75, 3.05) is 54.3 Å². The van der Waals surface area contributed by atoms with Crippen LogP contribution in [0, 0.1) is 0 Å². The molecule has 0 bridgehead atoms. The van der Waals surface area contributed by atoms with Crippen molar-refractivity contribution < 1.29 is 0 Å². The molecule has 1 N–H and O–H groups in total. The maximum Gasteiger partial charge on any atom is 0.231 e. The number of anilines is 3. The van der Waals surface area contributed by atoms with Gasteiger partial charge in [0, 0.05) is 33.2 Å². The number of nitrogens with zero attached hydrogens (tertiary/aromatic N) is 5. The monoisotopic (exact) mass is 312 g/mol. The minimum absolute atomic E-state index is 0.397. The van der Waals surface area contributed by atoms with E-state index in [1.165, 1.54) is 0 Å². The lowest BCUT2D eigenvalue weighted by Gasteiger charge is -2.26. The van der Waals surface area contributed by atoms with Crippen molar-refractivity contribution in [3.05, 3.63) is 0 Å². The maximum atomic E-state index is 4.64. The van der Waals surface area contributed by atoms with E-state index in [9.17, 15) is 0 Å². The molecule has 0 amide bonds. The van der Waals surface area contributed by atoms with Gasteiger partial charge in [0.05, 0.1) is 0 Å². The SMILES string of the molecule is CCN(CC)c1nc(NC)nc(N(C)C(C)CCSC)n1. The number of hydrogen-bond donors (Lipinski definition) is 1. The van der Waals surface area contributed by atoms with E-state index in [4.69, 9.17) is 0 Å². The van der Waals surface area contributed by atoms with E-state index < -0.39 is 0 Å². The Kier molecular flexibility index (Phi) is 7.56. The van der Waals surface area contributed by atoms with Crippen LogP contribution in [0.1, 0.15) is 27.2 Å². The largest absolute Gasteiger partial charge is 0.357 e. The molecule has 0 aliphatic carbocycles. The van der Waals surface area contributed by atoms with Gasteiger partial charge in [-0.1, -0.05) is 0 Å². The van der Waals surface area contributed by atoms with Gasteiger partial charge < -0.3 is 15.1 Å². The minimum atomic E-state index is 0.397. The van der Waals surface area contributed by atoms with Crippen molar-refractivity contribution in [3.63, 3.8) is 0 Å². The molecule has 7 heteroatoms. The molecular formula is C14H28N6S. The smallest absolute Gasteiger partial charge is 0.231 e. The Labute approximate surface area is 132 Å². The van der Waals surface area contributed by atoms with Crippen molar-refractivity contribution >= 4 is 29.6 Å². The Hall–Kier alpha value is -1.24. The summed E-state index contributed by atoms with van der Waals surface area (Å²) in [4.78, 5) is 17.8. The summed E-state index contributed by atoms with van der Waals surface area (Å²) in [5.74, 6) is 3.21. The van der Waals surface area contributed by atoms with E-state index >= 15 is 0 Å². The van der Waals surface area contributed by atoms with Crippen LogP contribution in [0.5, 0.6) is 0 Å². The summed E-state index contributed by atoms with van der Waals surface area (Å²) in [6, 6.07) is 0.397. The molecule has 21 heavy (non-hydrogen) atoms. The van der Waals surface area contributed by atoms with Crippen molar-refractivity contribution in [3.8, 4) is 0 Å². The van der Waals surface area contributed by atoms with Gasteiger partial charge in [0.1, 0.15) is 0 Å². The molecule has 1 aromatic rings. The first-order valence-electron chi connectivity index (χ1n) is 7.47. The summed E-state index contributed by atoms with van der Waals surface area (Å²) < 4.78 is 0. The summed E-state index contributed by atoms with van der Waals surface area (Å²) in [6.07, 6.45) is 3.24. The van der Waals surface area contributed by atoms with Crippen molar-refractivity contribution in [1.29, 1.82) is 0 Å². The van der Waals surface area contributed by atoms with Crippen molar-refractivity contribution in [1.82, 2.24) is 15.0 Å². The van der Waals surface area contributed by atoms with Gasteiger partial charge in [-0.2, -0.15) is 26.7 Å². The van der Waals surface area contributed by atoms with Gasteiger partial charge in [0.25, 0.3) is 0 Å². The third kappa shape index (κ3) is 4.91. The van der Waals surface area contributed by atoms with E-state index in [-0.39, 0.29) is 0 Å². The molecule has 1 rings (SSSR count). The molecule has 1 atom stereocenters. The molecule has 0 fully saturated rings. The molecule has 0 saturated heterocycles. The zero-order valence-electron chi connectivity index (χ0n) is 14.1. The lowest BCUT2D eigenvalue weighted by atomic mass is 10.2. The maximum absolute atomic E-state index is 4.64. The van der Waals surface area contributed by atoms with Gasteiger partial charge in [-0.05, 0) is 39.2 Å². The second-order valence-corrected chi connectivity index (χ2v) is 5.91. The molecule has 0 aromatic carbocycles. The molecule has 120 valence electrons. The third-order valence-corrected chi connectivity index (χ3v) is 4.24. The summed E-state index contributed by atoms with van der Waals surface area (Å²) in [6.45, 7) is 8.19. The van der Waals surface area contributed by atoms with E-state index in [0.29, 0.717) is 12.0 Å². The van der Waals surface area contributed by atoms with Crippen LogP contribution in [0.2, 0.25) is 0 Å². The fraction of sp³-hybridized carbons (Fsp3) is 0.786. The molecule has 1 unspecified atom stereocenters. The lowest BCUT2D eigenvalue weighted by Crippen LogP contribution is -2.32. The first-order valence-corrected chi connectivity index (χ1v) is 8.87. The topological polar surface area (TPSA) is 57.2 Å². The van der Waals surface area contributed by atoms with Gasteiger partial charge >= 0.3 is 0 Å². The molecule has 0 saturated carbocycles. The van der Waals surface area contributed by atoms with Crippen LogP contribution in [-0.2, 0) is 0 Å². The van der Waals surface area contributed by atoms with Gasteiger partial charge in [0.2, 0.25) is 17.8 Å². The zero-order chi connectivity index (χ0) is 15.8.